The number of carbonyl (C=O) groups excluding carboxylic acids is 3. The quantitative estimate of drug-likeness (QED) is 0.226. The minimum absolute atomic E-state index is 0.117. The summed E-state index contributed by atoms with van der Waals surface area (Å²) in [6, 6.07) is 15.2. The molecule has 14 heteroatoms. The van der Waals surface area contributed by atoms with Crippen LogP contribution in [-0.4, -0.2) is 129 Å². The van der Waals surface area contributed by atoms with Crippen LogP contribution in [0.3, 0.4) is 0 Å². The Kier molecular flexibility index (Phi) is 10.4. The van der Waals surface area contributed by atoms with E-state index in [1.54, 1.807) is 24.3 Å². The topological polar surface area (TPSA) is 124 Å². The van der Waals surface area contributed by atoms with Gasteiger partial charge in [0.1, 0.15) is 17.4 Å². The summed E-state index contributed by atoms with van der Waals surface area (Å²) in [7, 11) is 4.59. The summed E-state index contributed by atoms with van der Waals surface area (Å²) in [6.45, 7) is 7.13. The highest BCUT2D eigenvalue weighted by atomic mass is 19.1. The summed E-state index contributed by atoms with van der Waals surface area (Å²) in [6.07, 6.45) is 3.87. The predicted octanol–water partition coefficient (Wildman–Crippen LogP) is 4.27. The zero-order valence-corrected chi connectivity index (χ0v) is 33.5. The predicted molar refractivity (Wildman–Crippen MR) is 213 cm³/mol. The number of piperazine rings is 1. The summed E-state index contributed by atoms with van der Waals surface area (Å²) in [5, 5.41) is 16.1. The summed E-state index contributed by atoms with van der Waals surface area (Å²) >= 11 is 0. The molecule has 1 aliphatic carbocycles. The van der Waals surface area contributed by atoms with Crippen LogP contribution in [0.5, 0.6) is 5.75 Å². The van der Waals surface area contributed by atoms with Crippen molar-refractivity contribution in [3.05, 3.63) is 101 Å². The van der Waals surface area contributed by atoms with Crippen LogP contribution in [0.2, 0.25) is 0 Å². The van der Waals surface area contributed by atoms with Crippen molar-refractivity contribution in [2.75, 3.05) is 77.3 Å². The fourth-order valence-corrected chi connectivity index (χ4v) is 11.3. The Hall–Kier alpha value is -4.89. The van der Waals surface area contributed by atoms with Crippen molar-refractivity contribution in [2.24, 2.45) is 5.41 Å². The monoisotopic (exact) mass is 799 g/mol. The van der Waals surface area contributed by atoms with Gasteiger partial charge in [-0.15, -0.1) is 0 Å². The molecule has 12 nitrogen and oxygen atoms in total. The molecule has 3 aromatic rings. The van der Waals surface area contributed by atoms with Crippen LogP contribution in [0.15, 0.2) is 72.8 Å². The standard InChI is InChI=1S/C44H51F2N5O7/c1-6-42-16-7-18-51-19-17-43(38(42)51)32-24-33(35(56-4)25-34(32)48(3)39(43)44(55,41(54)57-5)40(42)58-27(2)52)47-36(53)26-49-20-22-50(23-21-49)37(28-8-12-30(45)13-9-28)29-10-14-31(46)15-11-29/h7-16,24-25,37-40,55H,6,17-23,26H2,1-5H3,(H,47,53)/t38-,39+,40+,42+,43+,44-/m0/s1. The number of fused-ring (bicyclic) bond motifs is 1. The first-order valence-electron chi connectivity index (χ1n) is 19.9. The molecule has 0 aromatic heterocycles. The number of esters is 2. The van der Waals surface area contributed by atoms with Gasteiger partial charge in [-0.05, 0) is 66.4 Å². The number of methoxy groups -OCH3 is 2. The minimum atomic E-state index is -2.26. The SMILES string of the molecule is CC[C@]12C=CCN3CC[C@@]4(c5cc(NC(=O)CN6CCN(C(c7ccc(F)cc7)c7ccc(F)cc7)CC6)c(OC)cc5N(C)[C@H]4[C@@](O)(C(=O)OC)[C@@H]1OC(C)=O)[C@@H]32. The van der Waals surface area contributed by atoms with Crippen molar-refractivity contribution in [1.29, 1.82) is 0 Å². The van der Waals surface area contributed by atoms with Crippen LogP contribution in [0, 0.1) is 17.0 Å². The molecule has 0 bridgehead atoms. The number of benzene rings is 3. The zero-order valence-electron chi connectivity index (χ0n) is 33.5. The van der Waals surface area contributed by atoms with E-state index in [1.807, 2.05) is 43.2 Å². The van der Waals surface area contributed by atoms with Crippen molar-refractivity contribution in [3.63, 3.8) is 0 Å². The molecule has 0 radical (unpaired) electrons. The number of likely N-dealkylation sites (N-methyl/N-ethyl adjacent to an activating group) is 1. The Balaban J connectivity index is 1.08. The second kappa shape index (κ2) is 15.0. The Labute approximate surface area is 337 Å². The highest BCUT2D eigenvalue weighted by Crippen LogP contribution is 2.67. The van der Waals surface area contributed by atoms with Gasteiger partial charge in [-0.3, -0.25) is 24.3 Å². The van der Waals surface area contributed by atoms with Gasteiger partial charge in [0, 0.05) is 75.3 Å². The number of ether oxygens (including phenoxy) is 3. The molecule has 6 atom stereocenters. The first kappa shape index (κ1) is 39.9. The summed E-state index contributed by atoms with van der Waals surface area (Å²) in [5.41, 5.74) is -0.183. The van der Waals surface area contributed by atoms with Crippen LogP contribution < -0.4 is 15.0 Å². The third-order valence-corrected chi connectivity index (χ3v) is 13.5. The minimum Gasteiger partial charge on any atom is -0.494 e. The number of nitrogens with one attached hydrogen (secondary N) is 1. The molecule has 1 saturated carbocycles. The van der Waals surface area contributed by atoms with Gasteiger partial charge in [0.25, 0.3) is 0 Å². The Bertz CT molecular complexity index is 2070. The first-order valence-corrected chi connectivity index (χ1v) is 19.9. The van der Waals surface area contributed by atoms with Crippen molar-refractivity contribution in [1.82, 2.24) is 14.7 Å². The van der Waals surface area contributed by atoms with Gasteiger partial charge in [-0.2, -0.15) is 0 Å². The van der Waals surface area contributed by atoms with Gasteiger partial charge < -0.3 is 29.5 Å². The lowest BCUT2D eigenvalue weighted by Gasteiger charge is -2.63. The van der Waals surface area contributed by atoms with Crippen LogP contribution in [0.25, 0.3) is 0 Å². The molecule has 0 unspecified atom stereocenters. The number of hydrogen-bond donors (Lipinski definition) is 2. The van der Waals surface area contributed by atoms with Gasteiger partial charge in [0.15, 0.2) is 6.10 Å². The van der Waals surface area contributed by atoms with Crippen LogP contribution in [0.4, 0.5) is 20.2 Å². The maximum atomic E-state index is 14.0. The molecular formula is C44H51F2N5O7. The summed E-state index contributed by atoms with van der Waals surface area (Å²) < 4.78 is 45.0. The van der Waals surface area contributed by atoms with Crippen LogP contribution >= 0.6 is 0 Å². The molecule has 8 rings (SSSR count). The second-order valence-corrected chi connectivity index (χ2v) is 16.3. The molecule has 1 amide bonds. The van der Waals surface area contributed by atoms with Gasteiger partial charge >= 0.3 is 11.9 Å². The van der Waals surface area contributed by atoms with Crippen molar-refractivity contribution >= 4 is 29.2 Å². The molecule has 2 saturated heterocycles. The highest BCUT2D eigenvalue weighted by molar-refractivity contribution is 5.95. The molecule has 1 spiro atoms. The van der Waals surface area contributed by atoms with E-state index in [2.05, 4.69) is 20.0 Å². The largest absolute Gasteiger partial charge is 0.494 e. The molecule has 308 valence electrons. The molecular weight excluding hydrogens is 749 g/mol. The number of carbonyl (C=O) groups is 3. The van der Waals surface area contributed by atoms with E-state index in [1.165, 1.54) is 45.4 Å². The summed E-state index contributed by atoms with van der Waals surface area (Å²) in [5.74, 6) is -1.97. The normalized spacial score (nSPS) is 29.1. The number of aliphatic hydroxyl groups is 1. The van der Waals surface area contributed by atoms with E-state index in [9.17, 15) is 28.3 Å². The van der Waals surface area contributed by atoms with E-state index < -0.39 is 40.5 Å². The zero-order chi connectivity index (χ0) is 41.1. The van der Waals surface area contributed by atoms with E-state index in [0.29, 0.717) is 63.5 Å². The molecule has 3 fully saturated rings. The summed E-state index contributed by atoms with van der Waals surface area (Å²) in [4.78, 5) is 49.3. The van der Waals surface area contributed by atoms with E-state index in [0.717, 1.165) is 22.4 Å². The van der Waals surface area contributed by atoms with E-state index in [-0.39, 0.29) is 36.2 Å². The van der Waals surface area contributed by atoms with Crippen molar-refractivity contribution < 1.29 is 42.5 Å². The van der Waals surface area contributed by atoms with Crippen LogP contribution in [0.1, 0.15) is 49.4 Å². The first-order chi connectivity index (χ1) is 27.8. The van der Waals surface area contributed by atoms with Crippen molar-refractivity contribution in [2.45, 2.75) is 61.9 Å². The second-order valence-electron chi connectivity index (χ2n) is 16.3. The van der Waals surface area contributed by atoms with E-state index >= 15 is 0 Å². The van der Waals surface area contributed by atoms with Crippen LogP contribution in [-0.2, 0) is 29.3 Å². The van der Waals surface area contributed by atoms with Gasteiger partial charge in [-0.25, -0.2) is 13.6 Å². The highest BCUT2D eigenvalue weighted by Gasteiger charge is 2.80. The third-order valence-electron chi connectivity index (χ3n) is 13.5. The number of rotatable bonds is 10. The average molecular weight is 800 g/mol. The van der Waals surface area contributed by atoms with Crippen molar-refractivity contribution in [3.8, 4) is 5.75 Å². The lowest BCUT2D eigenvalue weighted by molar-refractivity contribution is -0.228. The average Bonchev–Trinajstić information content (AvgIpc) is 3.72. The van der Waals surface area contributed by atoms with Gasteiger partial charge in [0.2, 0.25) is 11.5 Å². The number of anilines is 2. The fraction of sp³-hybridized carbons (Fsp3) is 0.477. The molecule has 4 aliphatic heterocycles. The van der Waals surface area contributed by atoms with Gasteiger partial charge in [0.05, 0.1) is 38.5 Å². The van der Waals surface area contributed by atoms with Gasteiger partial charge in [-0.1, -0.05) is 43.3 Å². The third kappa shape index (κ3) is 6.09. The lowest BCUT2D eigenvalue weighted by Crippen LogP contribution is -2.81. The molecule has 4 heterocycles. The maximum Gasteiger partial charge on any atom is 0.344 e. The molecule has 2 N–H and O–H groups in total. The smallest absolute Gasteiger partial charge is 0.344 e. The lowest BCUT2D eigenvalue weighted by atomic mass is 9.47. The molecule has 58 heavy (non-hydrogen) atoms. The number of hydrogen-bond acceptors (Lipinski definition) is 11. The Morgan fingerprint density at radius 3 is 2.14 bits per heavy atom. The van der Waals surface area contributed by atoms with E-state index in [4.69, 9.17) is 14.2 Å². The number of nitrogens with zero attached hydrogens (tertiary/aromatic N) is 4. The Morgan fingerprint density at radius 1 is 0.931 bits per heavy atom. The number of halogens is 2. The maximum absolute atomic E-state index is 14.0. The fourth-order valence-electron chi connectivity index (χ4n) is 11.3. The number of amides is 1. The Morgan fingerprint density at radius 2 is 1.57 bits per heavy atom. The molecule has 3 aromatic carbocycles. The molecule has 5 aliphatic rings.